The first-order valence-corrected chi connectivity index (χ1v) is 9.81. The summed E-state index contributed by atoms with van der Waals surface area (Å²) in [7, 11) is 0. The summed E-state index contributed by atoms with van der Waals surface area (Å²) in [6.07, 6.45) is 0.697. The minimum Gasteiger partial charge on any atom is -0.394 e. The summed E-state index contributed by atoms with van der Waals surface area (Å²) in [5.41, 5.74) is 2.70. The van der Waals surface area contributed by atoms with Gasteiger partial charge in [-0.25, -0.2) is 4.68 Å². The van der Waals surface area contributed by atoms with Crippen molar-refractivity contribution in [1.82, 2.24) is 25.1 Å². The molecule has 7 nitrogen and oxygen atoms in total. The maximum absolute atomic E-state index is 13.1. The van der Waals surface area contributed by atoms with Gasteiger partial charge in [0.25, 0.3) is 5.91 Å². The van der Waals surface area contributed by atoms with Crippen molar-refractivity contribution in [3.05, 3.63) is 63.6 Å². The van der Waals surface area contributed by atoms with Gasteiger partial charge in [0.05, 0.1) is 19.2 Å². The van der Waals surface area contributed by atoms with E-state index in [0.717, 1.165) is 17.0 Å². The standard InChI is InChI=1S/C19H23N5O2S/c1-3-18(12-25)23(10-16-8-9-27-13-16)19(26)17-6-4-15(5-7-17)11-24-14(2)20-21-22-24/h4-9,13,18,25H,3,10-12H2,1-2H3/t18-/m0/s1. The van der Waals surface area contributed by atoms with Crippen LogP contribution in [0, 0.1) is 6.92 Å². The van der Waals surface area contributed by atoms with Crippen molar-refractivity contribution >= 4 is 17.2 Å². The number of aliphatic hydroxyl groups is 1. The van der Waals surface area contributed by atoms with Crippen LogP contribution in [0.3, 0.4) is 0 Å². The van der Waals surface area contributed by atoms with Gasteiger partial charge in [0.2, 0.25) is 0 Å². The fourth-order valence-corrected chi connectivity index (χ4v) is 3.54. The predicted octanol–water partition coefficient (Wildman–Crippen LogP) is 2.50. The van der Waals surface area contributed by atoms with E-state index in [1.165, 1.54) is 0 Å². The number of rotatable bonds is 8. The summed E-state index contributed by atoms with van der Waals surface area (Å²) in [5, 5.41) is 25.2. The summed E-state index contributed by atoms with van der Waals surface area (Å²) in [6, 6.07) is 9.27. The highest BCUT2D eigenvalue weighted by molar-refractivity contribution is 7.07. The van der Waals surface area contributed by atoms with Gasteiger partial charge in [-0.15, -0.1) is 5.10 Å². The van der Waals surface area contributed by atoms with E-state index in [1.54, 1.807) is 20.9 Å². The number of aromatic nitrogens is 4. The van der Waals surface area contributed by atoms with Crippen molar-refractivity contribution in [2.24, 2.45) is 0 Å². The number of aryl methyl sites for hydroxylation is 1. The molecule has 27 heavy (non-hydrogen) atoms. The molecule has 0 aliphatic rings. The quantitative estimate of drug-likeness (QED) is 0.644. The normalized spacial score (nSPS) is 12.1. The Morgan fingerprint density at radius 2 is 2.04 bits per heavy atom. The number of nitrogens with zero attached hydrogens (tertiary/aromatic N) is 5. The first kappa shape index (κ1) is 19.2. The molecular weight excluding hydrogens is 362 g/mol. The van der Waals surface area contributed by atoms with E-state index in [1.807, 2.05) is 54.9 Å². The lowest BCUT2D eigenvalue weighted by Gasteiger charge is -2.30. The Hall–Kier alpha value is -2.58. The number of aliphatic hydroxyl groups excluding tert-OH is 1. The minimum atomic E-state index is -0.207. The number of carbonyl (C=O) groups is 1. The fraction of sp³-hybridized carbons (Fsp3) is 0.368. The van der Waals surface area contributed by atoms with Gasteiger partial charge < -0.3 is 10.0 Å². The smallest absolute Gasteiger partial charge is 0.254 e. The van der Waals surface area contributed by atoms with E-state index in [0.29, 0.717) is 25.1 Å². The van der Waals surface area contributed by atoms with Crippen LogP contribution >= 0.6 is 11.3 Å². The van der Waals surface area contributed by atoms with Gasteiger partial charge in [0, 0.05) is 12.1 Å². The third kappa shape index (κ3) is 4.58. The van der Waals surface area contributed by atoms with Crippen molar-refractivity contribution in [2.75, 3.05) is 6.61 Å². The maximum Gasteiger partial charge on any atom is 0.254 e. The van der Waals surface area contributed by atoms with E-state index in [9.17, 15) is 9.90 Å². The van der Waals surface area contributed by atoms with Crippen LogP contribution in [0.15, 0.2) is 41.1 Å². The van der Waals surface area contributed by atoms with Crippen molar-refractivity contribution in [2.45, 2.75) is 39.4 Å². The van der Waals surface area contributed by atoms with Gasteiger partial charge in [-0.1, -0.05) is 19.1 Å². The van der Waals surface area contributed by atoms with Crippen molar-refractivity contribution in [3.63, 3.8) is 0 Å². The zero-order chi connectivity index (χ0) is 19.2. The molecule has 0 aliphatic carbocycles. The van der Waals surface area contributed by atoms with E-state index in [-0.39, 0.29) is 18.6 Å². The molecule has 2 heterocycles. The van der Waals surface area contributed by atoms with Gasteiger partial charge in [0.15, 0.2) is 0 Å². The molecule has 0 fully saturated rings. The van der Waals surface area contributed by atoms with Crippen molar-refractivity contribution < 1.29 is 9.90 Å². The second kappa shape index (κ2) is 8.88. The number of hydrogen-bond acceptors (Lipinski definition) is 6. The monoisotopic (exact) mass is 385 g/mol. The third-order valence-corrected chi connectivity index (χ3v) is 5.29. The van der Waals surface area contributed by atoms with Crippen LogP contribution in [-0.2, 0) is 13.1 Å². The van der Waals surface area contributed by atoms with E-state index >= 15 is 0 Å². The van der Waals surface area contributed by atoms with Crippen LogP contribution in [0.2, 0.25) is 0 Å². The fourth-order valence-electron chi connectivity index (χ4n) is 2.88. The summed E-state index contributed by atoms with van der Waals surface area (Å²) >= 11 is 1.60. The number of benzene rings is 1. The van der Waals surface area contributed by atoms with Crippen molar-refractivity contribution in [1.29, 1.82) is 0 Å². The topological polar surface area (TPSA) is 84.1 Å². The average molecular weight is 385 g/mol. The summed E-state index contributed by atoms with van der Waals surface area (Å²) in [6.45, 7) is 4.82. The Kier molecular flexibility index (Phi) is 6.31. The lowest BCUT2D eigenvalue weighted by molar-refractivity contribution is 0.0564. The Balaban J connectivity index is 1.77. The molecule has 142 valence electrons. The molecular formula is C19H23N5O2S. The molecule has 1 aromatic carbocycles. The first-order valence-electron chi connectivity index (χ1n) is 8.87. The molecule has 0 spiro atoms. The molecule has 0 bridgehead atoms. The largest absolute Gasteiger partial charge is 0.394 e. The van der Waals surface area contributed by atoms with Gasteiger partial charge in [-0.2, -0.15) is 11.3 Å². The summed E-state index contributed by atoms with van der Waals surface area (Å²) in [5.74, 6) is 0.665. The van der Waals surface area contributed by atoms with Gasteiger partial charge in [-0.3, -0.25) is 4.79 Å². The summed E-state index contributed by atoms with van der Waals surface area (Å²) < 4.78 is 1.71. The highest BCUT2D eigenvalue weighted by Crippen LogP contribution is 2.18. The molecule has 8 heteroatoms. The maximum atomic E-state index is 13.1. The molecule has 0 aliphatic heterocycles. The Morgan fingerprint density at radius 1 is 1.26 bits per heavy atom. The van der Waals surface area contributed by atoms with Crippen LogP contribution in [0.5, 0.6) is 0 Å². The van der Waals surface area contributed by atoms with Crippen LogP contribution in [-0.4, -0.2) is 48.8 Å². The molecule has 3 aromatic rings. The zero-order valence-corrected chi connectivity index (χ0v) is 16.3. The minimum absolute atomic E-state index is 0.0525. The Bertz CT molecular complexity index is 857. The number of thiophene rings is 1. The highest BCUT2D eigenvalue weighted by atomic mass is 32.1. The number of tetrazole rings is 1. The van der Waals surface area contributed by atoms with Crippen LogP contribution in [0.4, 0.5) is 0 Å². The van der Waals surface area contributed by atoms with E-state index < -0.39 is 0 Å². The second-order valence-corrected chi connectivity index (χ2v) is 7.17. The lowest BCUT2D eigenvalue weighted by Crippen LogP contribution is -2.41. The van der Waals surface area contributed by atoms with Crippen LogP contribution in [0.25, 0.3) is 0 Å². The summed E-state index contributed by atoms with van der Waals surface area (Å²) in [4.78, 5) is 14.8. The molecule has 1 N–H and O–H groups in total. The lowest BCUT2D eigenvalue weighted by atomic mass is 10.1. The van der Waals surface area contributed by atoms with E-state index in [4.69, 9.17) is 0 Å². The molecule has 3 rings (SSSR count). The van der Waals surface area contributed by atoms with Gasteiger partial charge in [0.1, 0.15) is 5.82 Å². The molecule has 1 atom stereocenters. The predicted molar refractivity (Wildman–Crippen MR) is 103 cm³/mol. The van der Waals surface area contributed by atoms with Gasteiger partial charge >= 0.3 is 0 Å². The molecule has 0 saturated heterocycles. The van der Waals surface area contributed by atoms with E-state index in [2.05, 4.69) is 15.5 Å². The molecule has 2 aromatic heterocycles. The number of hydrogen-bond donors (Lipinski definition) is 1. The highest BCUT2D eigenvalue weighted by Gasteiger charge is 2.23. The molecule has 0 radical (unpaired) electrons. The molecule has 1 amide bonds. The Labute approximate surface area is 162 Å². The number of amides is 1. The second-order valence-electron chi connectivity index (χ2n) is 6.39. The molecule has 0 unspecified atom stereocenters. The molecule has 0 saturated carbocycles. The Morgan fingerprint density at radius 3 is 2.59 bits per heavy atom. The first-order chi connectivity index (χ1) is 13.1. The average Bonchev–Trinajstić information content (AvgIpc) is 3.34. The third-order valence-electron chi connectivity index (χ3n) is 4.56. The van der Waals surface area contributed by atoms with Crippen molar-refractivity contribution in [3.8, 4) is 0 Å². The van der Waals surface area contributed by atoms with Gasteiger partial charge in [-0.05, 0) is 63.9 Å². The number of carbonyl (C=O) groups excluding carboxylic acids is 1. The van der Waals surface area contributed by atoms with Crippen LogP contribution in [0.1, 0.15) is 40.7 Å². The zero-order valence-electron chi connectivity index (χ0n) is 15.4. The SMILES string of the molecule is CC[C@@H](CO)N(Cc1ccsc1)C(=O)c1ccc(Cn2nnnc2C)cc1. The van der Waals surface area contributed by atoms with Crippen LogP contribution < -0.4 is 0 Å².